The van der Waals surface area contributed by atoms with Gasteiger partial charge in [0.1, 0.15) is 0 Å². The summed E-state index contributed by atoms with van der Waals surface area (Å²) in [5.41, 5.74) is 0. The van der Waals surface area contributed by atoms with Gasteiger partial charge in [0, 0.05) is 0 Å². The second-order valence-corrected chi connectivity index (χ2v) is 5.77. The van der Waals surface area contributed by atoms with Crippen molar-refractivity contribution in [3.63, 3.8) is 0 Å². The van der Waals surface area contributed by atoms with Crippen molar-refractivity contribution < 1.29 is 8.42 Å². The second-order valence-electron chi connectivity index (χ2n) is 3.79. The molecule has 0 radical (unpaired) electrons. The van der Waals surface area contributed by atoms with Crippen LogP contribution in [0.3, 0.4) is 0 Å². The monoisotopic (exact) mass is 191 g/mol. The highest BCUT2D eigenvalue weighted by atomic mass is 32.2. The lowest BCUT2D eigenvalue weighted by Gasteiger charge is -2.13. The van der Waals surface area contributed by atoms with E-state index in [1.165, 1.54) is 25.7 Å². The molecule has 0 aromatic carbocycles. The third kappa shape index (κ3) is 2.75. The number of sulfonamides is 1. The fraction of sp³-hybridized carbons (Fsp3) is 1.00. The molecule has 0 heterocycles. The highest BCUT2D eigenvalue weighted by molar-refractivity contribution is 7.89. The molecule has 2 N–H and O–H groups in total. The Bertz CT molecular complexity index is 229. The van der Waals surface area contributed by atoms with E-state index in [2.05, 4.69) is 0 Å². The molecule has 72 valence electrons. The van der Waals surface area contributed by atoms with Crippen molar-refractivity contribution in [1.29, 1.82) is 0 Å². The summed E-state index contributed by atoms with van der Waals surface area (Å²) >= 11 is 0. The molecular formula is C8H17NO2S. The van der Waals surface area contributed by atoms with Crippen LogP contribution in [0, 0.1) is 5.92 Å². The smallest absolute Gasteiger partial charge is 0.211 e. The lowest BCUT2D eigenvalue weighted by Crippen LogP contribution is -2.27. The highest BCUT2D eigenvalue weighted by Crippen LogP contribution is 2.29. The number of hydrogen-bond acceptors (Lipinski definition) is 2. The normalized spacial score (nSPS) is 22.8. The van der Waals surface area contributed by atoms with E-state index in [-0.39, 0.29) is 5.25 Å². The fourth-order valence-electron chi connectivity index (χ4n) is 1.85. The zero-order valence-corrected chi connectivity index (χ0v) is 8.31. The first-order valence-corrected chi connectivity index (χ1v) is 6.12. The molecule has 0 amide bonds. The summed E-state index contributed by atoms with van der Waals surface area (Å²) < 4.78 is 21.8. The van der Waals surface area contributed by atoms with Gasteiger partial charge in [-0.1, -0.05) is 25.7 Å². The van der Waals surface area contributed by atoms with E-state index >= 15 is 0 Å². The minimum atomic E-state index is -3.29. The van der Waals surface area contributed by atoms with Gasteiger partial charge in [0.15, 0.2) is 0 Å². The van der Waals surface area contributed by atoms with Crippen molar-refractivity contribution >= 4 is 10.0 Å². The third-order valence-corrected chi connectivity index (χ3v) is 4.01. The number of primary sulfonamides is 1. The molecule has 1 aliphatic rings. The Balaban J connectivity index is 2.40. The quantitative estimate of drug-likeness (QED) is 0.729. The van der Waals surface area contributed by atoms with Crippen LogP contribution in [0.15, 0.2) is 0 Å². The van der Waals surface area contributed by atoms with Gasteiger partial charge in [-0.15, -0.1) is 0 Å². The zero-order valence-electron chi connectivity index (χ0n) is 7.49. The van der Waals surface area contributed by atoms with Gasteiger partial charge in [0.2, 0.25) is 10.0 Å². The molecular weight excluding hydrogens is 174 g/mol. The molecule has 0 aromatic heterocycles. The van der Waals surface area contributed by atoms with Gasteiger partial charge < -0.3 is 0 Å². The molecule has 0 spiro atoms. The van der Waals surface area contributed by atoms with Crippen molar-refractivity contribution in [2.75, 3.05) is 0 Å². The van der Waals surface area contributed by atoms with Gasteiger partial charge in [-0.3, -0.25) is 0 Å². The van der Waals surface area contributed by atoms with Gasteiger partial charge in [0.25, 0.3) is 0 Å². The molecule has 1 aliphatic carbocycles. The lowest BCUT2D eigenvalue weighted by atomic mass is 10.0. The fourth-order valence-corrected chi connectivity index (χ4v) is 2.39. The molecule has 1 fully saturated rings. The SMILES string of the molecule is CC(CC1CCCC1)S(N)(=O)=O. The largest absolute Gasteiger partial charge is 0.228 e. The maximum atomic E-state index is 10.9. The Labute approximate surface area is 74.4 Å². The topological polar surface area (TPSA) is 60.2 Å². The van der Waals surface area contributed by atoms with Gasteiger partial charge in [-0.2, -0.15) is 0 Å². The zero-order chi connectivity index (χ0) is 9.19. The molecule has 0 aliphatic heterocycles. The first kappa shape index (κ1) is 9.99. The second kappa shape index (κ2) is 3.75. The molecule has 0 saturated heterocycles. The van der Waals surface area contributed by atoms with Gasteiger partial charge >= 0.3 is 0 Å². The summed E-state index contributed by atoms with van der Waals surface area (Å²) in [5, 5.41) is 4.67. The molecule has 1 rings (SSSR count). The van der Waals surface area contributed by atoms with E-state index in [4.69, 9.17) is 5.14 Å². The van der Waals surface area contributed by atoms with Crippen LogP contribution in [0.25, 0.3) is 0 Å². The molecule has 12 heavy (non-hydrogen) atoms. The van der Waals surface area contributed by atoms with Crippen LogP contribution < -0.4 is 5.14 Å². The van der Waals surface area contributed by atoms with Gasteiger partial charge in [0.05, 0.1) is 5.25 Å². The van der Waals surface area contributed by atoms with Crippen molar-refractivity contribution in [3.05, 3.63) is 0 Å². The maximum absolute atomic E-state index is 10.9. The van der Waals surface area contributed by atoms with E-state index in [0.29, 0.717) is 5.92 Å². The van der Waals surface area contributed by atoms with Gasteiger partial charge in [-0.25, -0.2) is 13.6 Å². The number of nitrogens with two attached hydrogens (primary N) is 1. The summed E-state index contributed by atoms with van der Waals surface area (Å²) in [6.07, 6.45) is 5.61. The van der Waals surface area contributed by atoms with Crippen LogP contribution >= 0.6 is 0 Å². The van der Waals surface area contributed by atoms with Crippen LogP contribution in [0.2, 0.25) is 0 Å². The van der Waals surface area contributed by atoms with Crippen molar-refractivity contribution in [3.8, 4) is 0 Å². The Morgan fingerprint density at radius 2 is 1.92 bits per heavy atom. The van der Waals surface area contributed by atoms with Crippen LogP contribution in [-0.4, -0.2) is 13.7 Å². The molecule has 0 aromatic rings. The minimum Gasteiger partial charge on any atom is -0.228 e. The molecule has 1 unspecified atom stereocenters. The molecule has 0 bridgehead atoms. The summed E-state index contributed by atoms with van der Waals surface area (Å²) in [4.78, 5) is 0. The average molecular weight is 191 g/mol. The van der Waals surface area contributed by atoms with Crippen molar-refractivity contribution in [1.82, 2.24) is 0 Å². The first-order valence-electron chi connectivity index (χ1n) is 4.52. The number of hydrogen-bond donors (Lipinski definition) is 1. The minimum absolute atomic E-state index is 0.361. The predicted molar refractivity (Wildman–Crippen MR) is 49.1 cm³/mol. The average Bonchev–Trinajstić information content (AvgIpc) is 2.37. The summed E-state index contributed by atoms with van der Waals surface area (Å²) in [5.74, 6) is 0.596. The summed E-state index contributed by atoms with van der Waals surface area (Å²) in [6, 6.07) is 0. The van der Waals surface area contributed by atoms with E-state index < -0.39 is 10.0 Å². The van der Waals surface area contributed by atoms with Crippen molar-refractivity contribution in [2.24, 2.45) is 11.1 Å². The Morgan fingerprint density at radius 3 is 2.33 bits per heavy atom. The Hall–Kier alpha value is -0.0900. The summed E-state index contributed by atoms with van der Waals surface area (Å²) in [6.45, 7) is 1.70. The Morgan fingerprint density at radius 1 is 1.42 bits per heavy atom. The molecule has 1 saturated carbocycles. The van der Waals surface area contributed by atoms with Gasteiger partial charge in [-0.05, 0) is 19.3 Å². The Kier molecular flexibility index (Phi) is 3.12. The van der Waals surface area contributed by atoms with E-state index in [0.717, 1.165) is 6.42 Å². The van der Waals surface area contributed by atoms with Crippen LogP contribution in [-0.2, 0) is 10.0 Å². The third-order valence-electron chi connectivity index (χ3n) is 2.70. The number of rotatable bonds is 3. The van der Waals surface area contributed by atoms with E-state index in [1.54, 1.807) is 6.92 Å². The summed E-state index contributed by atoms with van der Waals surface area (Å²) in [7, 11) is -3.29. The first-order chi connectivity index (χ1) is 5.50. The molecule has 1 atom stereocenters. The van der Waals surface area contributed by atoms with Crippen LogP contribution in [0.4, 0.5) is 0 Å². The lowest BCUT2D eigenvalue weighted by molar-refractivity contribution is 0.485. The van der Waals surface area contributed by atoms with Crippen LogP contribution in [0.1, 0.15) is 39.0 Å². The molecule has 4 heteroatoms. The maximum Gasteiger partial charge on any atom is 0.211 e. The highest BCUT2D eigenvalue weighted by Gasteiger charge is 2.23. The van der Waals surface area contributed by atoms with Crippen LogP contribution in [0.5, 0.6) is 0 Å². The van der Waals surface area contributed by atoms with Crippen molar-refractivity contribution in [2.45, 2.75) is 44.3 Å². The predicted octanol–water partition coefficient (Wildman–Crippen LogP) is 1.24. The van der Waals surface area contributed by atoms with E-state index in [1.807, 2.05) is 0 Å². The standard InChI is InChI=1S/C8H17NO2S/c1-7(12(9,10)11)6-8-4-2-3-5-8/h7-8H,2-6H2,1H3,(H2,9,10,11). The van der Waals surface area contributed by atoms with E-state index in [9.17, 15) is 8.42 Å². The molecule has 3 nitrogen and oxygen atoms in total.